The maximum Gasteiger partial charge on any atom is 0.262 e. The van der Waals surface area contributed by atoms with E-state index < -0.39 is 6.10 Å². The zero-order valence-electron chi connectivity index (χ0n) is 15.2. The summed E-state index contributed by atoms with van der Waals surface area (Å²) in [4.78, 5) is 13.5. The highest BCUT2D eigenvalue weighted by Gasteiger charge is 2.18. The lowest BCUT2D eigenvalue weighted by molar-refractivity contribution is -0.135. The fourth-order valence-electron chi connectivity index (χ4n) is 2.38. The van der Waals surface area contributed by atoms with Gasteiger partial charge in [-0.2, -0.15) is 0 Å². The van der Waals surface area contributed by atoms with Crippen LogP contribution in [0, 0.1) is 0 Å². The Kier molecular flexibility index (Phi) is 6.89. The fraction of sp³-hybridized carbons (Fsp3) is 0.421. The van der Waals surface area contributed by atoms with Crippen molar-refractivity contribution in [2.75, 3.05) is 20.7 Å². The number of nitrogens with zero attached hydrogens (tertiary/aromatic N) is 1. The number of nitrogens with one attached hydrogen (secondary N) is 1. The van der Waals surface area contributed by atoms with Crippen LogP contribution in [0.2, 0.25) is 0 Å². The van der Waals surface area contributed by atoms with Crippen molar-refractivity contribution in [2.24, 2.45) is 0 Å². The summed E-state index contributed by atoms with van der Waals surface area (Å²) in [5, 5.41) is 3.35. The predicted octanol–water partition coefficient (Wildman–Crippen LogP) is 2.82. The topological polar surface area (TPSA) is 63.9 Å². The summed E-state index contributed by atoms with van der Waals surface area (Å²) in [6, 6.07) is 7.68. The second-order valence-corrected chi connectivity index (χ2v) is 5.94. The molecule has 1 N–H and O–H groups in total. The zero-order valence-corrected chi connectivity index (χ0v) is 15.2. The molecule has 0 aliphatic rings. The average Bonchev–Trinajstić information content (AvgIpc) is 3.09. The Bertz CT molecular complexity index is 668. The smallest absolute Gasteiger partial charge is 0.262 e. The Morgan fingerprint density at radius 1 is 1.20 bits per heavy atom. The van der Waals surface area contributed by atoms with E-state index in [1.165, 1.54) is 4.90 Å². The Balaban J connectivity index is 2.01. The predicted molar refractivity (Wildman–Crippen MR) is 95.6 cm³/mol. The van der Waals surface area contributed by atoms with Crippen molar-refractivity contribution >= 4 is 5.91 Å². The SMILES string of the molecule is CCOc1cc(CNCc2ccoc2)ccc1OC(C)C(=O)N(C)C. The molecule has 6 nitrogen and oxygen atoms in total. The van der Waals surface area contributed by atoms with E-state index in [1.807, 2.05) is 31.2 Å². The fourth-order valence-corrected chi connectivity index (χ4v) is 2.38. The normalized spacial score (nSPS) is 11.8. The van der Waals surface area contributed by atoms with Crippen LogP contribution in [0.25, 0.3) is 0 Å². The molecule has 1 aromatic heterocycles. The number of ether oxygens (including phenoxy) is 2. The number of furan rings is 1. The lowest BCUT2D eigenvalue weighted by atomic mass is 10.2. The minimum Gasteiger partial charge on any atom is -0.490 e. The molecule has 0 aliphatic carbocycles. The van der Waals surface area contributed by atoms with Gasteiger partial charge in [-0.3, -0.25) is 4.79 Å². The number of rotatable bonds is 9. The minimum absolute atomic E-state index is 0.0895. The van der Waals surface area contributed by atoms with Crippen molar-refractivity contribution in [1.82, 2.24) is 10.2 Å². The Morgan fingerprint density at radius 2 is 1.96 bits per heavy atom. The molecule has 0 aliphatic heterocycles. The highest BCUT2D eigenvalue weighted by Crippen LogP contribution is 2.29. The molecule has 0 bridgehead atoms. The highest BCUT2D eigenvalue weighted by molar-refractivity contribution is 5.80. The van der Waals surface area contributed by atoms with Crippen LogP contribution >= 0.6 is 0 Å². The molecule has 0 saturated carbocycles. The minimum atomic E-state index is -0.570. The van der Waals surface area contributed by atoms with Crippen LogP contribution in [-0.2, 0) is 17.9 Å². The van der Waals surface area contributed by atoms with Gasteiger partial charge in [0.05, 0.1) is 19.1 Å². The van der Waals surface area contributed by atoms with Crippen LogP contribution in [0.15, 0.2) is 41.2 Å². The third-order valence-electron chi connectivity index (χ3n) is 3.64. The second kappa shape index (κ2) is 9.13. The van der Waals surface area contributed by atoms with E-state index in [1.54, 1.807) is 33.5 Å². The average molecular weight is 346 g/mol. The van der Waals surface area contributed by atoms with Crippen LogP contribution in [0.4, 0.5) is 0 Å². The van der Waals surface area contributed by atoms with E-state index in [0.717, 1.165) is 17.7 Å². The summed E-state index contributed by atoms with van der Waals surface area (Å²) in [5.41, 5.74) is 2.17. The summed E-state index contributed by atoms with van der Waals surface area (Å²) in [6.45, 7) is 5.60. The molecule has 1 unspecified atom stereocenters. The number of amides is 1. The molecule has 25 heavy (non-hydrogen) atoms. The lowest BCUT2D eigenvalue weighted by Crippen LogP contribution is -2.35. The molecular weight excluding hydrogens is 320 g/mol. The summed E-state index contributed by atoms with van der Waals surface area (Å²) >= 11 is 0. The van der Waals surface area contributed by atoms with Gasteiger partial charge in [-0.15, -0.1) is 0 Å². The summed E-state index contributed by atoms with van der Waals surface area (Å²) in [5.74, 6) is 1.12. The van der Waals surface area contributed by atoms with Gasteiger partial charge >= 0.3 is 0 Å². The molecule has 0 radical (unpaired) electrons. The van der Waals surface area contributed by atoms with Crippen molar-refractivity contribution in [1.29, 1.82) is 0 Å². The van der Waals surface area contributed by atoms with E-state index in [9.17, 15) is 4.79 Å². The molecular formula is C19H26N2O4. The standard InChI is InChI=1S/C19H26N2O4/c1-5-24-18-10-15(11-20-12-16-8-9-23-13-16)6-7-17(18)25-14(2)19(22)21(3)4/h6-10,13-14,20H,5,11-12H2,1-4H3. The van der Waals surface area contributed by atoms with Gasteiger partial charge in [0, 0.05) is 32.7 Å². The van der Waals surface area contributed by atoms with Gasteiger partial charge < -0.3 is 24.1 Å². The van der Waals surface area contributed by atoms with Gasteiger partial charge in [0.1, 0.15) is 0 Å². The van der Waals surface area contributed by atoms with Gasteiger partial charge in [0.25, 0.3) is 5.91 Å². The molecule has 1 atom stereocenters. The Labute approximate surface area is 148 Å². The number of carbonyl (C=O) groups excluding carboxylic acids is 1. The number of benzene rings is 1. The first-order valence-corrected chi connectivity index (χ1v) is 8.36. The van der Waals surface area contributed by atoms with E-state index in [0.29, 0.717) is 24.7 Å². The van der Waals surface area contributed by atoms with Gasteiger partial charge in [-0.25, -0.2) is 0 Å². The van der Waals surface area contributed by atoms with Crippen molar-refractivity contribution in [3.05, 3.63) is 47.9 Å². The Morgan fingerprint density at radius 3 is 2.60 bits per heavy atom. The summed E-state index contributed by atoms with van der Waals surface area (Å²) < 4.78 is 16.5. The van der Waals surface area contributed by atoms with Crippen LogP contribution < -0.4 is 14.8 Å². The van der Waals surface area contributed by atoms with Gasteiger partial charge in [0.15, 0.2) is 17.6 Å². The third-order valence-corrected chi connectivity index (χ3v) is 3.64. The van der Waals surface area contributed by atoms with Crippen molar-refractivity contribution in [3.63, 3.8) is 0 Å². The van der Waals surface area contributed by atoms with Crippen LogP contribution in [0.3, 0.4) is 0 Å². The Hall–Kier alpha value is -2.47. The van der Waals surface area contributed by atoms with Crippen molar-refractivity contribution in [2.45, 2.75) is 33.0 Å². The van der Waals surface area contributed by atoms with E-state index in [2.05, 4.69) is 5.32 Å². The monoisotopic (exact) mass is 346 g/mol. The molecule has 136 valence electrons. The number of likely N-dealkylation sites (N-methyl/N-ethyl adjacent to an activating group) is 1. The highest BCUT2D eigenvalue weighted by atomic mass is 16.5. The van der Waals surface area contributed by atoms with Crippen LogP contribution in [0.5, 0.6) is 11.5 Å². The number of hydrogen-bond donors (Lipinski definition) is 1. The first-order valence-electron chi connectivity index (χ1n) is 8.36. The lowest BCUT2D eigenvalue weighted by Gasteiger charge is -2.20. The molecule has 2 aromatic rings. The maximum atomic E-state index is 12.0. The molecule has 6 heteroatoms. The van der Waals surface area contributed by atoms with E-state index >= 15 is 0 Å². The molecule has 1 amide bonds. The van der Waals surface area contributed by atoms with Crippen molar-refractivity contribution in [3.8, 4) is 11.5 Å². The third kappa shape index (κ3) is 5.53. The molecule has 0 spiro atoms. The number of hydrogen-bond acceptors (Lipinski definition) is 5. The molecule has 0 fully saturated rings. The van der Waals surface area contributed by atoms with Gasteiger partial charge in [-0.1, -0.05) is 6.07 Å². The summed E-state index contributed by atoms with van der Waals surface area (Å²) in [6.07, 6.45) is 2.81. The zero-order chi connectivity index (χ0) is 18.2. The quantitative estimate of drug-likeness (QED) is 0.756. The number of carbonyl (C=O) groups is 1. The van der Waals surface area contributed by atoms with E-state index in [4.69, 9.17) is 13.9 Å². The van der Waals surface area contributed by atoms with Crippen LogP contribution in [-0.4, -0.2) is 37.6 Å². The molecule has 2 rings (SSSR count). The first-order chi connectivity index (χ1) is 12.0. The second-order valence-electron chi connectivity index (χ2n) is 5.94. The first kappa shape index (κ1) is 18.9. The molecule has 0 saturated heterocycles. The summed E-state index contributed by atoms with van der Waals surface area (Å²) in [7, 11) is 3.42. The molecule has 1 heterocycles. The van der Waals surface area contributed by atoms with Gasteiger partial charge in [-0.05, 0) is 37.6 Å². The molecule has 1 aromatic carbocycles. The van der Waals surface area contributed by atoms with E-state index in [-0.39, 0.29) is 5.91 Å². The van der Waals surface area contributed by atoms with Crippen molar-refractivity contribution < 1.29 is 18.7 Å². The van der Waals surface area contributed by atoms with Crippen LogP contribution in [0.1, 0.15) is 25.0 Å². The van der Waals surface area contributed by atoms with Gasteiger partial charge in [0.2, 0.25) is 0 Å². The largest absolute Gasteiger partial charge is 0.490 e. The maximum absolute atomic E-state index is 12.0.